The maximum Gasteiger partial charge on any atom is 0.0540 e. The van der Waals surface area contributed by atoms with Crippen LogP contribution < -0.4 is 0 Å². The number of hydrogen-bond acceptors (Lipinski definition) is 1. The van der Waals surface area contributed by atoms with E-state index in [4.69, 9.17) is 16.7 Å². The van der Waals surface area contributed by atoms with Gasteiger partial charge in [0.15, 0.2) is 0 Å². The minimum Gasteiger partial charge on any atom is -0.395 e. The smallest absolute Gasteiger partial charge is 0.0540 e. The van der Waals surface area contributed by atoms with Crippen LogP contribution in [0.25, 0.3) is 0 Å². The third kappa shape index (κ3) is 2.77. The lowest BCUT2D eigenvalue weighted by Crippen LogP contribution is -1.85. The second-order valence-corrected chi connectivity index (χ2v) is 3.58. The number of rotatable bonds is 1. The zero-order valence-corrected chi connectivity index (χ0v) is 9.15. The summed E-state index contributed by atoms with van der Waals surface area (Å²) in [6.07, 6.45) is 0.515. The number of halogens is 1. The maximum absolute atomic E-state index is 8.57. The number of hydrogen-bond donors (Lipinski definition) is 1. The van der Waals surface area contributed by atoms with Crippen LogP contribution >= 0.6 is 11.6 Å². The summed E-state index contributed by atoms with van der Waals surface area (Å²) >= 11 is 6.02. The summed E-state index contributed by atoms with van der Waals surface area (Å²) in [5, 5.41) is 9.38. The SMILES string of the molecule is Cc1cc(C#CCCO)cc(C)c1Cl. The van der Waals surface area contributed by atoms with Gasteiger partial charge < -0.3 is 5.11 Å². The van der Waals surface area contributed by atoms with Gasteiger partial charge in [-0.2, -0.15) is 0 Å². The molecule has 0 spiro atoms. The summed E-state index contributed by atoms with van der Waals surface area (Å²) in [5.74, 6) is 5.87. The molecular formula is C12H13ClO. The fourth-order valence-electron chi connectivity index (χ4n) is 1.24. The maximum atomic E-state index is 8.57. The number of aliphatic hydroxyl groups is 1. The van der Waals surface area contributed by atoms with E-state index in [2.05, 4.69) is 11.8 Å². The quantitative estimate of drug-likeness (QED) is 0.704. The molecule has 1 aromatic rings. The van der Waals surface area contributed by atoms with Crippen LogP contribution in [0.3, 0.4) is 0 Å². The summed E-state index contributed by atoms with van der Waals surface area (Å²) in [6, 6.07) is 3.92. The molecule has 1 nitrogen and oxygen atoms in total. The van der Waals surface area contributed by atoms with Gasteiger partial charge in [-0.1, -0.05) is 23.4 Å². The molecule has 0 atom stereocenters. The predicted molar refractivity (Wildman–Crippen MR) is 59.5 cm³/mol. The molecule has 0 heterocycles. The first-order valence-corrected chi connectivity index (χ1v) is 4.89. The third-order valence-corrected chi connectivity index (χ3v) is 2.50. The molecule has 0 aromatic heterocycles. The Hall–Kier alpha value is -0.970. The fraction of sp³-hybridized carbons (Fsp3) is 0.333. The van der Waals surface area contributed by atoms with E-state index in [0.29, 0.717) is 6.42 Å². The first kappa shape index (κ1) is 11.1. The highest BCUT2D eigenvalue weighted by Gasteiger charge is 2.00. The van der Waals surface area contributed by atoms with E-state index >= 15 is 0 Å². The van der Waals surface area contributed by atoms with Crippen LogP contribution in [0.5, 0.6) is 0 Å². The Kier molecular flexibility index (Phi) is 4.00. The van der Waals surface area contributed by atoms with Crippen molar-refractivity contribution in [3.63, 3.8) is 0 Å². The van der Waals surface area contributed by atoms with Crippen molar-refractivity contribution in [1.29, 1.82) is 0 Å². The molecule has 1 N–H and O–H groups in total. The zero-order chi connectivity index (χ0) is 10.6. The van der Waals surface area contributed by atoms with Crippen molar-refractivity contribution in [1.82, 2.24) is 0 Å². The molecule has 0 aliphatic rings. The van der Waals surface area contributed by atoms with E-state index in [9.17, 15) is 0 Å². The van der Waals surface area contributed by atoms with Gasteiger partial charge in [0.05, 0.1) is 6.61 Å². The Labute approximate surface area is 89.7 Å². The monoisotopic (exact) mass is 208 g/mol. The molecule has 1 rings (SSSR count). The summed E-state index contributed by atoms with van der Waals surface area (Å²) in [6.45, 7) is 4.04. The Morgan fingerprint density at radius 2 is 1.86 bits per heavy atom. The summed E-state index contributed by atoms with van der Waals surface area (Å²) in [4.78, 5) is 0. The van der Waals surface area contributed by atoms with Crippen molar-refractivity contribution in [2.24, 2.45) is 0 Å². The highest BCUT2D eigenvalue weighted by Crippen LogP contribution is 2.21. The molecule has 1 aromatic carbocycles. The van der Waals surface area contributed by atoms with Crippen LogP contribution in [0.4, 0.5) is 0 Å². The lowest BCUT2D eigenvalue weighted by molar-refractivity contribution is 0.305. The van der Waals surface area contributed by atoms with Crippen molar-refractivity contribution in [2.45, 2.75) is 20.3 Å². The Balaban J connectivity index is 2.97. The fourth-order valence-corrected chi connectivity index (χ4v) is 1.35. The van der Waals surface area contributed by atoms with E-state index < -0.39 is 0 Å². The van der Waals surface area contributed by atoms with Gasteiger partial charge >= 0.3 is 0 Å². The first-order valence-electron chi connectivity index (χ1n) is 4.51. The minimum absolute atomic E-state index is 0.110. The molecule has 74 valence electrons. The van der Waals surface area contributed by atoms with Gasteiger partial charge in [-0.3, -0.25) is 0 Å². The average Bonchev–Trinajstić information content (AvgIpc) is 2.14. The Morgan fingerprint density at radius 1 is 1.29 bits per heavy atom. The van der Waals surface area contributed by atoms with Crippen LogP contribution in [-0.2, 0) is 0 Å². The molecule has 0 saturated heterocycles. The lowest BCUT2D eigenvalue weighted by Gasteiger charge is -2.02. The van der Waals surface area contributed by atoms with Crippen LogP contribution in [0.15, 0.2) is 12.1 Å². The van der Waals surface area contributed by atoms with Crippen molar-refractivity contribution in [3.05, 3.63) is 33.8 Å². The molecule has 14 heavy (non-hydrogen) atoms. The number of aliphatic hydroxyl groups excluding tert-OH is 1. The highest BCUT2D eigenvalue weighted by molar-refractivity contribution is 6.32. The molecule has 0 fully saturated rings. The molecule has 2 heteroatoms. The highest BCUT2D eigenvalue weighted by atomic mass is 35.5. The van der Waals surface area contributed by atoms with Gasteiger partial charge in [0.25, 0.3) is 0 Å². The van der Waals surface area contributed by atoms with E-state index in [1.165, 1.54) is 0 Å². The van der Waals surface area contributed by atoms with Crippen LogP contribution in [0.2, 0.25) is 5.02 Å². The Morgan fingerprint density at radius 3 is 2.36 bits per heavy atom. The van der Waals surface area contributed by atoms with Gasteiger partial charge in [0, 0.05) is 17.0 Å². The normalized spacial score (nSPS) is 9.43. The van der Waals surface area contributed by atoms with Crippen LogP contribution in [0.1, 0.15) is 23.1 Å². The van der Waals surface area contributed by atoms with Gasteiger partial charge in [0.1, 0.15) is 0 Å². The van der Waals surface area contributed by atoms with Crippen molar-refractivity contribution < 1.29 is 5.11 Å². The average molecular weight is 209 g/mol. The van der Waals surface area contributed by atoms with Crippen LogP contribution in [-0.4, -0.2) is 11.7 Å². The van der Waals surface area contributed by atoms with E-state index in [1.54, 1.807) is 0 Å². The topological polar surface area (TPSA) is 20.2 Å². The van der Waals surface area contributed by atoms with Gasteiger partial charge in [-0.05, 0) is 37.1 Å². The largest absolute Gasteiger partial charge is 0.395 e. The van der Waals surface area contributed by atoms with Gasteiger partial charge in [-0.25, -0.2) is 0 Å². The molecule has 0 aliphatic carbocycles. The summed E-state index contributed by atoms with van der Waals surface area (Å²) in [5.41, 5.74) is 3.04. The third-order valence-electron chi connectivity index (χ3n) is 1.91. The van der Waals surface area contributed by atoms with Crippen molar-refractivity contribution >= 4 is 11.6 Å². The van der Waals surface area contributed by atoms with E-state index in [1.807, 2.05) is 26.0 Å². The molecule has 0 amide bonds. The summed E-state index contributed by atoms with van der Waals surface area (Å²) < 4.78 is 0. The molecule has 0 unspecified atom stereocenters. The first-order chi connectivity index (χ1) is 6.65. The lowest BCUT2D eigenvalue weighted by atomic mass is 10.1. The Bertz CT molecular complexity index is 362. The molecule has 0 bridgehead atoms. The zero-order valence-electron chi connectivity index (χ0n) is 8.39. The van der Waals surface area contributed by atoms with Crippen molar-refractivity contribution in [3.8, 4) is 11.8 Å². The molecule has 0 saturated carbocycles. The van der Waals surface area contributed by atoms with Crippen molar-refractivity contribution in [2.75, 3.05) is 6.61 Å². The van der Waals surface area contributed by atoms with Gasteiger partial charge in [-0.15, -0.1) is 0 Å². The number of benzene rings is 1. The van der Waals surface area contributed by atoms with Crippen LogP contribution in [0, 0.1) is 25.7 Å². The second-order valence-electron chi connectivity index (χ2n) is 3.20. The predicted octanol–water partition coefficient (Wildman–Crippen LogP) is 2.69. The summed E-state index contributed by atoms with van der Waals surface area (Å²) in [7, 11) is 0. The van der Waals surface area contributed by atoms with Gasteiger partial charge in [0.2, 0.25) is 0 Å². The van der Waals surface area contributed by atoms with E-state index in [0.717, 1.165) is 21.7 Å². The molecular weight excluding hydrogens is 196 g/mol. The molecule has 0 aliphatic heterocycles. The van der Waals surface area contributed by atoms with E-state index in [-0.39, 0.29) is 6.61 Å². The number of aryl methyl sites for hydroxylation is 2. The minimum atomic E-state index is 0.110. The molecule has 0 radical (unpaired) electrons. The standard InChI is InChI=1S/C12H13ClO/c1-9-7-11(5-3-4-6-14)8-10(2)12(9)13/h7-8,14H,4,6H2,1-2H3. The second kappa shape index (κ2) is 5.05.